The van der Waals surface area contributed by atoms with Gasteiger partial charge in [0.1, 0.15) is 10.8 Å². The van der Waals surface area contributed by atoms with Gasteiger partial charge in [0.25, 0.3) is 0 Å². The first-order valence-electron chi connectivity index (χ1n) is 4.75. The van der Waals surface area contributed by atoms with Crippen LogP contribution >= 0.6 is 11.3 Å². The van der Waals surface area contributed by atoms with E-state index in [9.17, 15) is 0 Å². The summed E-state index contributed by atoms with van der Waals surface area (Å²) in [6.45, 7) is 1.99. The number of rotatable bonds is 5. The Labute approximate surface area is 92.1 Å². The molecule has 0 unspecified atom stereocenters. The van der Waals surface area contributed by atoms with Gasteiger partial charge in [-0.1, -0.05) is 0 Å². The molecule has 2 aromatic rings. The molecule has 0 aliphatic carbocycles. The number of thiazole rings is 1. The van der Waals surface area contributed by atoms with Crippen molar-refractivity contribution >= 4 is 11.3 Å². The van der Waals surface area contributed by atoms with E-state index >= 15 is 0 Å². The molecule has 0 saturated carbocycles. The molecule has 0 radical (unpaired) electrons. The van der Waals surface area contributed by atoms with Crippen LogP contribution in [0.25, 0.3) is 0 Å². The van der Waals surface area contributed by atoms with Crippen molar-refractivity contribution in [3.63, 3.8) is 0 Å². The third-order valence-electron chi connectivity index (χ3n) is 1.96. The molecule has 4 nitrogen and oxygen atoms in total. The first-order valence-corrected chi connectivity index (χ1v) is 5.63. The van der Waals surface area contributed by atoms with Crippen molar-refractivity contribution in [2.45, 2.75) is 19.6 Å². The zero-order valence-electron chi connectivity index (χ0n) is 8.27. The van der Waals surface area contributed by atoms with Crippen LogP contribution in [-0.2, 0) is 19.6 Å². The number of hydrogen-bond donors (Lipinski definition) is 2. The standard InChI is InChI=1S/C10H13N3OS/c11-4-10-13-8(7-15-10)5-12-6-9-2-1-3-14-9/h1-3,7,12H,4-6,11H2. The largest absolute Gasteiger partial charge is 0.468 e. The predicted octanol–water partition coefficient (Wildman–Crippen LogP) is 1.48. The van der Waals surface area contributed by atoms with Crippen molar-refractivity contribution in [3.8, 4) is 0 Å². The Bertz CT molecular complexity index is 396. The zero-order valence-corrected chi connectivity index (χ0v) is 9.09. The van der Waals surface area contributed by atoms with Gasteiger partial charge in [-0.15, -0.1) is 11.3 Å². The summed E-state index contributed by atoms with van der Waals surface area (Å²) >= 11 is 1.60. The molecule has 2 aromatic heterocycles. The topological polar surface area (TPSA) is 64.1 Å². The Balaban J connectivity index is 1.78. The Morgan fingerprint density at radius 1 is 1.47 bits per heavy atom. The van der Waals surface area contributed by atoms with Crippen molar-refractivity contribution in [2.75, 3.05) is 0 Å². The SMILES string of the molecule is NCc1nc(CNCc2ccco2)cs1. The van der Waals surface area contributed by atoms with E-state index in [0.29, 0.717) is 6.54 Å². The first kappa shape index (κ1) is 10.4. The molecule has 2 heterocycles. The summed E-state index contributed by atoms with van der Waals surface area (Å²) in [6.07, 6.45) is 1.67. The van der Waals surface area contributed by atoms with Crippen molar-refractivity contribution in [1.82, 2.24) is 10.3 Å². The van der Waals surface area contributed by atoms with Gasteiger partial charge in [0, 0.05) is 18.5 Å². The lowest BCUT2D eigenvalue weighted by molar-refractivity contribution is 0.482. The first-order chi connectivity index (χ1) is 7.38. The molecule has 0 aliphatic rings. The maximum Gasteiger partial charge on any atom is 0.117 e. The van der Waals surface area contributed by atoms with E-state index in [-0.39, 0.29) is 0 Å². The van der Waals surface area contributed by atoms with Gasteiger partial charge in [-0.3, -0.25) is 0 Å². The number of nitrogens with one attached hydrogen (secondary N) is 1. The molecule has 0 atom stereocenters. The van der Waals surface area contributed by atoms with Crippen molar-refractivity contribution in [1.29, 1.82) is 0 Å². The molecule has 2 rings (SSSR count). The minimum absolute atomic E-state index is 0.517. The van der Waals surface area contributed by atoms with E-state index in [1.54, 1.807) is 17.6 Å². The van der Waals surface area contributed by atoms with Gasteiger partial charge in [0.05, 0.1) is 18.5 Å². The normalized spacial score (nSPS) is 10.7. The summed E-state index contributed by atoms with van der Waals surface area (Å²) < 4.78 is 5.20. The second kappa shape index (κ2) is 5.06. The lowest BCUT2D eigenvalue weighted by atomic mass is 10.4. The summed E-state index contributed by atoms with van der Waals surface area (Å²) in [5.41, 5.74) is 6.52. The van der Waals surface area contributed by atoms with Gasteiger partial charge < -0.3 is 15.5 Å². The highest BCUT2D eigenvalue weighted by Crippen LogP contribution is 2.08. The molecule has 0 fully saturated rings. The Hall–Kier alpha value is -1.17. The second-order valence-electron chi connectivity index (χ2n) is 3.12. The molecule has 0 aliphatic heterocycles. The fourth-order valence-electron chi connectivity index (χ4n) is 1.25. The summed E-state index contributed by atoms with van der Waals surface area (Å²) in [4.78, 5) is 4.35. The van der Waals surface area contributed by atoms with E-state index in [1.807, 2.05) is 17.5 Å². The van der Waals surface area contributed by atoms with E-state index in [0.717, 1.165) is 29.6 Å². The van der Waals surface area contributed by atoms with E-state index < -0.39 is 0 Å². The molecule has 0 bridgehead atoms. The molecular weight excluding hydrogens is 210 g/mol. The quantitative estimate of drug-likeness (QED) is 0.806. The third kappa shape index (κ3) is 2.89. The summed E-state index contributed by atoms with van der Waals surface area (Å²) in [7, 11) is 0. The van der Waals surface area contributed by atoms with E-state index in [2.05, 4.69) is 10.3 Å². The molecule has 5 heteroatoms. The summed E-state index contributed by atoms with van der Waals surface area (Å²) in [6, 6.07) is 3.83. The van der Waals surface area contributed by atoms with Gasteiger partial charge in [0.15, 0.2) is 0 Å². The molecule has 3 N–H and O–H groups in total. The number of furan rings is 1. The van der Waals surface area contributed by atoms with E-state index in [1.165, 1.54) is 0 Å². The van der Waals surface area contributed by atoms with Crippen molar-refractivity contribution in [3.05, 3.63) is 40.2 Å². The lowest BCUT2D eigenvalue weighted by Crippen LogP contribution is -2.12. The van der Waals surface area contributed by atoms with Crippen LogP contribution in [0.3, 0.4) is 0 Å². The van der Waals surface area contributed by atoms with Gasteiger partial charge in [-0.05, 0) is 12.1 Å². The lowest BCUT2D eigenvalue weighted by Gasteiger charge is -1.98. The molecule has 80 valence electrons. The van der Waals surface area contributed by atoms with Gasteiger partial charge >= 0.3 is 0 Å². The van der Waals surface area contributed by atoms with Crippen LogP contribution in [0.4, 0.5) is 0 Å². The molecule has 0 aromatic carbocycles. The van der Waals surface area contributed by atoms with Crippen LogP contribution in [0.2, 0.25) is 0 Å². The van der Waals surface area contributed by atoms with Crippen LogP contribution in [0.5, 0.6) is 0 Å². The van der Waals surface area contributed by atoms with E-state index in [4.69, 9.17) is 10.2 Å². The predicted molar refractivity (Wildman–Crippen MR) is 59.3 cm³/mol. The van der Waals surface area contributed by atoms with Crippen molar-refractivity contribution < 1.29 is 4.42 Å². The zero-order chi connectivity index (χ0) is 10.5. The fraction of sp³-hybridized carbons (Fsp3) is 0.300. The smallest absolute Gasteiger partial charge is 0.117 e. The highest BCUT2D eigenvalue weighted by atomic mass is 32.1. The van der Waals surface area contributed by atoms with Crippen LogP contribution < -0.4 is 11.1 Å². The average Bonchev–Trinajstić information content (AvgIpc) is 2.88. The minimum Gasteiger partial charge on any atom is -0.468 e. The summed E-state index contributed by atoms with van der Waals surface area (Å²) in [5.74, 6) is 0.935. The van der Waals surface area contributed by atoms with Crippen LogP contribution in [0.15, 0.2) is 28.2 Å². The minimum atomic E-state index is 0.517. The van der Waals surface area contributed by atoms with Gasteiger partial charge in [-0.25, -0.2) is 4.98 Å². The second-order valence-corrected chi connectivity index (χ2v) is 4.06. The van der Waals surface area contributed by atoms with Crippen LogP contribution in [0.1, 0.15) is 16.5 Å². The Kier molecular flexibility index (Phi) is 3.49. The Morgan fingerprint density at radius 2 is 2.40 bits per heavy atom. The van der Waals surface area contributed by atoms with Crippen LogP contribution in [0, 0.1) is 0 Å². The highest BCUT2D eigenvalue weighted by Gasteiger charge is 2.00. The summed E-state index contributed by atoms with van der Waals surface area (Å²) in [5, 5.41) is 6.25. The van der Waals surface area contributed by atoms with Gasteiger partial charge in [-0.2, -0.15) is 0 Å². The maximum atomic E-state index is 5.48. The number of nitrogens with zero attached hydrogens (tertiary/aromatic N) is 1. The molecule has 0 saturated heterocycles. The fourth-order valence-corrected chi connectivity index (χ4v) is 1.93. The Morgan fingerprint density at radius 3 is 3.07 bits per heavy atom. The number of nitrogens with two attached hydrogens (primary N) is 1. The number of aromatic nitrogens is 1. The average molecular weight is 223 g/mol. The maximum absolute atomic E-state index is 5.48. The van der Waals surface area contributed by atoms with Crippen molar-refractivity contribution in [2.24, 2.45) is 5.73 Å². The monoisotopic (exact) mass is 223 g/mol. The molecule has 0 amide bonds. The molecular formula is C10H13N3OS. The number of hydrogen-bond acceptors (Lipinski definition) is 5. The van der Waals surface area contributed by atoms with Gasteiger partial charge in [0.2, 0.25) is 0 Å². The molecule has 0 spiro atoms. The highest BCUT2D eigenvalue weighted by molar-refractivity contribution is 7.09. The van der Waals surface area contributed by atoms with Crippen LogP contribution in [-0.4, -0.2) is 4.98 Å². The third-order valence-corrected chi connectivity index (χ3v) is 2.88. The molecule has 15 heavy (non-hydrogen) atoms.